The largest absolute Gasteiger partial charge is 0.309 e. The Balaban J connectivity index is 1.78. The number of anilines is 2. The molecule has 3 aromatic rings. The Morgan fingerprint density at radius 2 is 1.64 bits per heavy atom. The molecule has 2 amide bonds. The molecular weight excluding hydrogens is 454 g/mol. The smallest absolute Gasteiger partial charge is 0.269 e. The zero-order chi connectivity index (χ0) is 25.7. The van der Waals surface area contributed by atoms with Crippen LogP contribution in [0.3, 0.4) is 0 Å². The molecule has 0 fully saturated rings. The minimum atomic E-state index is -0.451. The summed E-state index contributed by atoms with van der Waals surface area (Å²) in [6.07, 6.45) is 3.95. The summed E-state index contributed by atoms with van der Waals surface area (Å²) >= 11 is 0. The monoisotopic (exact) mass is 485 g/mol. The summed E-state index contributed by atoms with van der Waals surface area (Å²) in [5.41, 5.74) is 2.77. The van der Waals surface area contributed by atoms with Crippen LogP contribution in [0.4, 0.5) is 17.1 Å². The van der Waals surface area contributed by atoms with Gasteiger partial charge >= 0.3 is 0 Å². The maximum atomic E-state index is 13.9. The van der Waals surface area contributed by atoms with E-state index in [0.717, 1.165) is 30.5 Å². The highest BCUT2D eigenvalue weighted by Gasteiger charge is 2.38. The predicted molar refractivity (Wildman–Crippen MR) is 141 cm³/mol. The highest BCUT2D eigenvalue weighted by molar-refractivity contribution is 6.07. The Labute approximate surface area is 211 Å². The molecule has 186 valence electrons. The van der Waals surface area contributed by atoms with Gasteiger partial charge in [-0.15, -0.1) is 0 Å². The molecule has 0 bridgehead atoms. The van der Waals surface area contributed by atoms with Crippen molar-refractivity contribution in [1.29, 1.82) is 0 Å². The zero-order valence-electron chi connectivity index (χ0n) is 20.7. The van der Waals surface area contributed by atoms with Gasteiger partial charge in [0.15, 0.2) is 0 Å². The van der Waals surface area contributed by atoms with Crippen LogP contribution in [0.25, 0.3) is 0 Å². The minimum absolute atomic E-state index is 0.0351. The Kier molecular flexibility index (Phi) is 7.78. The summed E-state index contributed by atoms with van der Waals surface area (Å²) in [6, 6.07) is 22.4. The molecule has 36 heavy (non-hydrogen) atoms. The van der Waals surface area contributed by atoms with E-state index in [2.05, 4.69) is 6.92 Å². The van der Waals surface area contributed by atoms with Crippen molar-refractivity contribution >= 4 is 28.9 Å². The molecule has 2 atom stereocenters. The van der Waals surface area contributed by atoms with Crippen molar-refractivity contribution in [2.45, 2.75) is 58.0 Å². The van der Waals surface area contributed by atoms with Crippen molar-refractivity contribution in [3.63, 3.8) is 0 Å². The molecule has 4 rings (SSSR count). The van der Waals surface area contributed by atoms with Gasteiger partial charge in [0.1, 0.15) is 0 Å². The number of hydrogen-bond donors (Lipinski definition) is 0. The van der Waals surface area contributed by atoms with E-state index >= 15 is 0 Å². The van der Waals surface area contributed by atoms with Gasteiger partial charge in [-0.2, -0.15) is 0 Å². The van der Waals surface area contributed by atoms with Crippen molar-refractivity contribution in [3.05, 3.63) is 100 Å². The number of hydrogen-bond acceptors (Lipinski definition) is 4. The van der Waals surface area contributed by atoms with E-state index in [1.807, 2.05) is 54.3 Å². The van der Waals surface area contributed by atoms with Gasteiger partial charge in [-0.25, -0.2) is 0 Å². The van der Waals surface area contributed by atoms with Crippen LogP contribution in [0.5, 0.6) is 0 Å². The fourth-order valence-electron chi connectivity index (χ4n) is 4.95. The molecule has 0 saturated heterocycles. The van der Waals surface area contributed by atoms with Crippen LogP contribution in [0.2, 0.25) is 0 Å². The number of carbonyl (C=O) groups is 2. The Morgan fingerprint density at radius 1 is 0.972 bits per heavy atom. The van der Waals surface area contributed by atoms with E-state index in [1.165, 1.54) is 12.1 Å². The molecule has 7 nitrogen and oxygen atoms in total. The average molecular weight is 486 g/mol. The van der Waals surface area contributed by atoms with E-state index < -0.39 is 4.92 Å². The van der Waals surface area contributed by atoms with E-state index in [4.69, 9.17) is 0 Å². The maximum absolute atomic E-state index is 13.9. The standard InChI is InChI=1S/C29H31N3O4/c1-3-4-6-15-28(33)30-21(2)20-27(25-13-9-10-14-26(25)30)31(29(34)22-11-7-5-8-12-22)23-16-18-24(19-17-23)32(35)36/h5,7-14,16-19,21,27H,3-4,6,15,20H2,1-2H3/t21-,27+/m0/s1. The van der Waals surface area contributed by atoms with Gasteiger partial charge in [-0.1, -0.05) is 56.2 Å². The molecule has 1 aliphatic heterocycles. The van der Waals surface area contributed by atoms with Gasteiger partial charge in [-0.3, -0.25) is 19.7 Å². The number of benzene rings is 3. The number of fused-ring (bicyclic) bond motifs is 1. The van der Waals surface area contributed by atoms with E-state index in [0.29, 0.717) is 24.1 Å². The fourth-order valence-corrected chi connectivity index (χ4v) is 4.95. The van der Waals surface area contributed by atoms with Crippen molar-refractivity contribution in [2.24, 2.45) is 0 Å². The number of nitrogens with zero attached hydrogens (tertiary/aromatic N) is 3. The molecule has 0 saturated carbocycles. The van der Waals surface area contributed by atoms with Crippen LogP contribution in [0.15, 0.2) is 78.9 Å². The summed E-state index contributed by atoms with van der Waals surface area (Å²) in [4.78, 5) is 41.5. The molecule has 0 aliphatic carbocycles. The zero-order valence-corrected chi connectivity index (χ0v) is 20.7. The van der Waals surface area contributed by atoms with Gasteiger partial charge < -0.3 is 9.80 Å². The third-order valence-corrected chi connectivity index (χ3v) is 6.71. The normalized spacial score (nSPS) is 16.8. The van der Waals surface area contributed by atoms with Crippen molar-refractivity contribution in [1.82, 2.24) is 0 Å². The lowest BCUT2D eigenvalue weighted by molar-refractivity contribution is -0.384. The van der Waals surface area contributed by atoms with Gasteiger partial charge in [-0.05, 0) is 55.7 Å². The first-order chi connectivity index (χ1) is 17.4. The highest BCUT2D eigenvalue weighted by Crippen LogP contribution is 2.43. The van der Waals surface area contributed by atoms with Gasteiger partial charge in [0.05, 0.1) is 11.0 Å². The number of amides is 2. The summed E-state index contributed by atoms with van der Waals surface area (Å²) in [5.74, 6) is -0.0997. The second-order valence-corrected chi connectivity index (χ2v) is 9.19. The molecule has 0 spiro atoms. The van der Waals surface area contributed by atoms with Crippen LogP contribution in [-0.4, -0.2) is 22.8 Å². The number of carbonyl (C=O) groups excluding carboxylic acids is 2. The van der Waals surface area contributed by atoms with Gasteiger partial charge in [0.2, 0.25) is 5.91 Å². The molecule has 0 aromatic heterocycles. The number of nitro groups is 1. The maximum Gasteiger partial charge on any atom is 0.269 e. The molecule has 0 unspecified atom stereocenters. The van der Waals surface area contributed by atoms with Gasteiger partial charge in [0, 0.05) is 41.5 Å². The third kappa shape index (κ3) is 5.15. The van der Waals surface area contributed by atoms with Crippen LogP contribution in [0, 0.1) is 10.1 Å². The first kappa shape index (κ1) is 25.1. The Bertz CT molecular complexity index is 1230. The van der Waals surface area contributed by atoms with E-state index in [1.54, 1.807) is 29.2 Å². The number of non-ortho nitro benzene ring substituents is 1. The summed E-state index contributed by atoms with van der Waals surface area (Å²) in [7, 11) is 0. The predicted octanol–water partition coefficient (Wildman–Crippen LogP) is 6.69. The van der Waals surface area contributed by atoms with Crippen LogP contribution < -0.4 is 9.80 Å². The average Bonchev–Trinajstić information content (AvgIpc) is 2.89. The van der Waals surface area contributed by atoms with E-state index in [-0.39, 0.29) is 29.6 Å². The van der Waals surface area contributed by atoms with Crippen molar-refractivity contribution < 1.29 is 14.5 Å². The summed E-state index contributed by atoms with van der Waals surface area (Å²) < 4.78 is 0. The minimum Gasteiger partial charge on any atom is -0.309 e. The summed E-state index contributed by atoms with van der Waals surface area (Å²) in [5, 5.41) is 11.2. The fraction of sp³-hybridized carbons (Fsp3) is 0.310. The Morgan fingerprint density at radius 3 is 2.31 bits per heavy atom. The second-order valence-electron chi connectivity index (χ2n) is 9.19. The van der Waals surface area contributed by atoms with Crippen molar-refractivity contribution in [3.8, 4) is 0 Å². The quantitative estimate of drug-likeness (QED) is 0.202. The SMILES string of the molecule is CCCCCC(=O)N1c2ccccc2[C@H](N(C(=O)c2ccccc2)c2ccc([N+](=O)[O-])cc2)C[C@@H]1C. The highest BCUT2D eigenvalue weighted by atomic mass is 16.6. The molecular formula is C29H31N3O4. The van der Waals surface area contributed by atoms with Crippen molar-refractivity contribution in [2.75, 3.05) is 9.80 Å². The van der Waals surface area contributed by atoms with Gasteiger partial charge in [0.25, 0.3) is 11.6 Å². The molecule has 0 N–H and O–H groups in total. The lowest BCUT2D eigenvalue weighted by Gasteiger charge is -2.43. The lowest BCUT2D eigenvalue weighted by Crippen LogP contribution is -2.47. The summed E-state index contributed by atoms with van der Waals surface area (Å²) in [6.45, 7) is 4.13. The number of unbranched alkanes of at least 4 members (excludes halogenated alkanes) is 2. The molecule has 1 heterocycles. The third-order valence-electron chi connectivity index (χ3n) is 6.71. The number of nitro benzene ring substituents is 1. The molecule has 7 heteroatoms. The van der Waals surface area contributed by atoms with Crippen LogP contribution in [-0.2, 0) is 4.79 Å². The van der Waals surface area contributed by atoms with Crippen LogP contribution in [0.1, 0.15) is 67.9 Å². The number of rotatable bonds is 8. The topological polar surface area (TPSA) is 83.8 Å². The van der Waals surface area contributed by atoms with Crippen LogP contribution >= 0.6 is 0 Å². The Hall–Kier alpha value is -4.00. The molecule has 3 aromatic carbocycles. The number of para-hydroxylation sites is 1. The lowest BCUT2D eigenvalue weighted by atomic mass is 9.89. The molecule has 0 radical (unpaired) electrons. The first-order valence-electron chi connectivity index (χ1n) is 12.5. The molecule has 1 aliphatic rings. The van der Waals surface area contributed by atoms with E-state index in [9.17, 15) is 19.7 Å². The second kappa shape index (κ2) is 11.2. The first-order valence-corrected chi connectivity index (χ1v) is 12.5.